The van der Waals surface area contributed by atoms with Crippen LogP contribution in [0, 0.1) is 5.92 Å². The number of piperidine rings is 1. The third-order valence-corrected chi connectivity index (χ3v) is 4.48. The largest absolute Gasteiger partial charge is 0.385 e. The molecule has 0 saturated carbocycles. The summed E-state index contributed by atoms with van der Waals surface area (Å²) in [7, 11) is 0. The molecular formula is C16H22N2O. The van der Waals surface area contributed by atoms with Crippen molar-refractivity contribution in [1.82, 2.24) is 4.90 Å². The second-order valence-electron chi connectivity index (χ2n) is 5.86. The Morgan fingerprint density at radius 3 is 2.74 bits per heavy atom. The second kappa shape index (κ2) is 5.24. The average Bonchev–Trinajstić information content (AvgIpc) is 2.47. The van der Waals surface area contributed by atoms with Gasteiger partial charge >= 0.3 is 0 Å². The number of nitrogens with one attached hydrogen (secondary N) is 1. The van der Waals surface area contributed by atoms with Gasteiger partial charge in [-0.05, 0) is 36.8 Å². The molecule has 0 aliphatic carbocycles. The lowest BCUT2D eigenvalue weighted by Gasteiger charge is -2.35. The van der Waals surface area contributed by atoms with Crippen molar-refractivity contribution in [3.63, 3.8) is 0 Å². The van der Waals surface area contributed by atoms with E-state index in [-0.39, 0.29) is 5.92 Å². The highest BCUT2D eigenvalue weighted by Crippen LogP contribution is 2.33. The van der Waals surface area contributed by atoms with Crippen molar-refractivity contribution in [2.24, 2.45) is 5.92 Å². The quantitative estimate of drug-likeness (QED) is 0.840. The zero-order valence-corrected chi connectivity index (χ0v) is 11.6. The number of fused-ring (bicyclic) bond motifs is 1. The Morgan fingerprint density at radius 2 is 1.95 bits per heavy atom. The molecule has 3 heteroatoms. The SMILES string of the molecule is CC1CCN(C(=O)C2CCNc3ccccc32)CC1. The van der Waals surface area contributed by atoms with E-state index in [1.807, 2.05) is 12.1 Å². The highest BCUT2D eigenvalue weighted by molar-refractivity contribution is 5.86. The van der Waals surface area contributed by atoms with Gasteiger partial charge in [0.2, 0.25) is 5.91 Å². The summed E-state index contributed by atoms with van der Waals surface area (Å²) >= 11 is 0. The molecule has 0 spiro atoms. The second-order valence-corrected chi connectivity index (χ2v) is 5.86. The highest BCUT2D eigenvalue weighted by atomic mass is 16.2. The van der Waals surface area contributed by atoms with Crippen molar-refractivity contribution in [2.45, 2.75) is 32.1 Å². The zero-order valence-electron chi connectivity index (χ0n) is 11.6. The molecule has 2 heterocycles. The number of anilines is 1. The van der Waals surface area contributed by atoms with E-state index in [0.717, 1.165) is 50.5 Å². The summed E-state index contributed by atoms with van der Waals surface area (Å²) < 4.78 is 0. The smallest absolute Gasteiger partial charge is 0.230 e. The van der Waals surface area contributed by atoms with E-state index >= 15 is 0 Å². The summed E-state index contributed by atoms with van der Waals surface area (Å²) in [4.78, 5) is 14.8. The molecule has 1 aromatic rings. The number of hydrogen-bond donors (Lipinski definition) is 1. The summed E-state index contributed by atoms with van der Waals surface area (Å²) in [5.41, 5.74) is 2.31. The van der Waals surface area contributed by atoms with Gasteiger partial charge in [0, 0.05) is 25.3 Å². The standard InChI is InChI=1S/C16H22N2O/c1-12-7-10-18(11-8-12)16(19)14-6-9-17-15-5-3-2-4-13(14)15/h2-5,12,14,17H,6-11H2,1H3. The van der Waals surface area contributed by atoms with E-state index in [1.165, 1.54) is 5.56 Å². The maximum absolute atomic E-state index is 12.7. The van der Waals surface area contributed by atoms with Crippen LogP contribution in [-0.4, -0.2) is 30.4 Å². The molecule has 2 aliphatic rings. The first-order valence-corrected chi connectivity index (χ1v) is 7.37. The molecular weight excluding hydrogens is 236 g/mol. The van der Waals surface area contributed by atoms with Crippen molar-refractivity contribution in [1.29, 1.82) is 0 Å². The Balaban J connectivity index is 1.78. The number of carbonyl (C=O) groups is 1. The number of nitrogens with zero attached hydrogens (tertiary/aromatic N) is 1. The van der Waals surface area contributed by atoms with Gasteiger partial charge in [0.15, 0.2) is 0 Å². The van der Waals surface area contributed by atoms with E-state index in [2.05, 4.69) is 29.3 Å². The molecule has 3 rings (SSSR count). The van der Waals surface area contributed by atoms with Crippen LogP contribution in [0.5, 0.6) is 0 Å². The molecule has 1 atom stereocenters. The summed E-state index contributed by atoms with van der Waals surface area (Å²) in [5, 5.41) is 3.39. The van der Waals surface area contributed by atoms with Crippen LogP contribution in [0.25, 0.3) is 0 Å². The molecule has 1 aromatic carbocycles. The monoisotopic (exact) mass is 258 g/mol. The molecule has 2 aliphatic heterocycles. The van der Waals surface area contributed by atoms with Gasteiger partial charge in [-0.3, -0.25) is 4.79 Å². The maximum Gasteiger partial charge on any atom is 0.230 e. The minimum atomic E-state index is 0.0610. The van der Waals surface area contributed by atoms with E-state index < -0.39 is 0 Å². The summed E-state index contributed by atoms with van der Waals surface area (Å²) in [6, 6.07) is 8.23. The predicted octanol–water partition coefficient (Wildman–Crippen LogP) is 2.84. The van der Waals surface area contributed by atoms with Crippen LogP contribution < -0.4 is 5.32 Å². The van der Waals surface area contributed by atoms with Crippen LogP contribution >= 0.6 is 0 Å². The van der Waals surface area contributed by atoms with Gasteiger partial charge in [-0.15, -0.1) is 0 Å². The third kappa shape index (κ3) is 2.46. The Morgan fingerprint density at radius 1 is 1.21 bits per heavy atom. The van der Waals surface area contributed by atoms with Gasteiger partial charge in [-0.2, -0.15) is 0 Å². The van der Waals surface area contributed by atoms with E-state index in [4.69, 9.17) is 0 Å². The Bertz CT molecular complexity index is 464. The lowest BCUT2D eigenvalue weighted by atomic mass is 9.88. The van der Waals surface area contributed by atoms with Crippen molar-refractivity contribution >= 4 is 11.6 Å². The van der Waals surface area contributed by atoms with E-state index in [0.29, 0.717) is 5.91 Å². The summed E-state index contributed by atoms with van der Waals surface area (Å²) in [5.74, 6) is 1.16. The first-order valence-electron chi connectivity index (χ1n) is 7.37. The number of carbonyl (C=O) groups excluding carboxylic acids is 1. The van der Waals surface area contributed by atoms with Gasteiger partial charge in [-0.1, -0.05) is 25.1 Å². The lowest BCUT2D eigenvalue weighted by Crippen LogP contribution is -2.41. The van der Waals surface area contributed by atoms with Gasteiger partial charge < -0.3 is 10.2 Å². The zero-order chi connectivity index (χ0) is 13.2. The summed E-state index contributed by atoms with van der Waals surface area (Å²) in [6.45, 7) is 5.05. The van der Waals surface area contributed by atoms with Gasteiger partial charge in [-0.25, -0.2) is 0 Å². The molecule has 0 aromatic heterocycles. The maximum atomic E-state index is 12.7. The molecule has 1 unspecified atom stereocenters. The number of rotatable bonds is 1. The molecule has 1 N–H and O–H groups in total. The average molecular weight is 258 g/mol. The Hall–Kier alpha value is -1.51. The third-order valence-electron chi connectivity index (χ3n) is 4.48. The number of hydrogen-bond acceptors (Lipinski definition) is 2. The fourth-order valence-corrected chi connectivity index (χ4v) is 3.17. The molecule has 0 bridgehead atoms. The molecule has 102 valence electrons. The fraction of sp³-hybridized carbons (Fsp3) is 0.562. The van der Waals surface area contributed by atoms with Crippen LogP contribution in [0.3, 0.4) is 0 Å². The van der Waals surface area contributed by atoms with Crippen LogP contribution in [0.4, 0.5) is 5.69 Å². The number of amides is 1. The molecule has 1 fully saturated rings. The molecule has 1 saturated heterocycles. The molecule has 3 nitrogen and oxygen atoms in total. The van der Waals surface area contributed by atoms with Crippen molar-refractivity contribution in [2.75, 3.05) is 25.0 Å². The van der Waals surface area contributed by atoms with Gasteiger partial charge in [0.25, 0.3) is 0 Å². The fourth-order valence-electron chi connectivity index (χ4n) is 3.17. The van der Waals surface area contributed by atoms with Crippen molar-refractivity contribution in [3.05, 3.63) is 29.8 Å². The highest BCUT2D eigenvalue weighted by Gasteiger charge is 2.31. The van der Waals surface area contributed by atoms with E-state index in [1.54, 1.807) is 0 Å². The Kier molecular flexibility index (Phi) is 3.45. The predicted molar refractivity (Wildman–Crippen MR) is 77.3 cm³/mol. The van der Waals surface area contributed by atoms with Gasteiger partial charge in [0.1, 0.15) is 0 Å². The van der Waals surface area contributed by atoms with Crippen LogP contribution in [0.2, 0.25) is 0 Å². The number of likely N-dealkylation sites (tertiary alicyclic amines) is 1. The number of para-hydroxylation sites is 1. The van der Waals surface area contributed by atoms with Crippen LogP contribution in [0.15, 0.2) is 24.3 Å². The normalized spacial score (nSPS) is 23.6. The first kappa shape index (κ1) is 12.5. The molecule has 0 radical (unpaired) electrons. The first-order chi connectivity index (χ1) is 9.25. The minimum Gasteiger partial charge on any atom is -0.385 e. The molecule has 1 amide bonds. The summed E-state index contributed by atoms with van der Waals surface area (Å²) in [6.07, 6.45) is 3.22. The van der Waals surface area contributed by atoms with Crippen LogP contribution in [-0.2, 0) is 4.79 Å². The van der Waals surface area contributed by atoms with Crippen molar-refractivity contribution < 1.29 is 4.79 Å². The lowest BCUT2D eigenvalue weighted by molar-refractivity contribution is -0.134. The minimum absolute atomic E-state index is 0.0610. The Labute approximate surface area is 115 Å². The number of benzene rings is 1. The van der Waals surface area contributed by atoms with E-state index in [9.17, 15) is 4.79 Å². The molecule has 19 heavy (non-hydrogen) atoms. The van der Waals surface area contributed by atoms with Crippen molar-refractivity contribution in [3.8, 4) is 0 Å². The topological polar surface area (TPSA) is 32.3 Å². The van der Waals surface area contributed by atoms with Gasteiger partial charge in [0.05, 0.1) is 5.92 Å². The van der Waals surface area contributed by atoms with Crippen LogP contribution in [0.1, 0.15) is 37.7 Å².